The summed E-state index contributed by atoms with van der Waals surface area (Å²) in [6, 6.07) is 9.11. The first-order chi connectivity index (χ1) is 8.13. The fourth-order valence-electron chi connectivity index (χ4n) is 1.56. The van der Waals surface area contributed by atoms with Crippen molar-refractivity contribution in [1.29, 1.82) is 0 Å². The largest absolute Gasteiger partial charge is 0.313 e. The Morgan fingerprint density at radius 2 is 2.12 bits per heavy atom. The van der Waals surface area contributed by atoms with E-state index in [-0.39, 0.29) is 0 Å². The van der Waals surface area contributed by atoms with Crippen molar-refractivity contribution in [3.05, 3.63) is 28.7 Å². The smallest absolute Gasteiger partial charge is 0.0186 e. The van der Waals surface area contributed by atoms with Crippen molar-refractivity contribution in [1.82, 2.24) is 5.32 Å². The number of halogens is 1. The van der Waals surface area contributed by atoms with Crippen LogP contribution in [0.4, 0.5) is 0 Å². The number of benzene rings is 1. The molecule has 17 heavy (non-hydrogen) atoms. The van der Waals surface area contributed by atoms with Crippen LogP contribution in [0.2, 0.25) is 0 Å². The third kappa shape index (κ3) is 5.94. The first-order valence-corrected chi connectivity index (χ1v) is 8.03. The normalized spacial score (nSPS) is 13.0. The van der Waals surface area contributed by atoms with Crippen molar-refractivity contribution in [3.63, 3.8) is 0 Å². The molecule has 1 rings (SSSR count). The SMILES string of the molecule is CCCNC(CSc1cccc(Br)c1)C(C)C. The summed E-state index contributed by atoms with van der Waals surface area (Å²) in [6.45, 7) is 7.90. The molecule has 0 saturated heterocycles. The minimum absolute atomic E-state index is 0.596. The van der Waals surface area contributed by atoms with E-state index in [0.29, 0.717) is 12.0 Å². The molecule has 0 amide bonds. The Balaban J connectivity index is 2.45. The summed E-state index contributed by atoms with van der Waals surface area (Å²) in [5.74, 6) is 1.81. The number of rotatable bonds is 7. The molecule has 0 radical (unpaired) electrons. The molecule has 96 valence electrons. The Bertz CT molecular complexity index is 328. The summed E-state index contributed by atoms with van der Waals surface area (Å²) in [6.07, 6.45) is 1.20. The monoisotopic (exact) mass is 315 g/mol. The fraction of sp³-hybridized carbons (Fsp3) is 0.571. The summed E-state index contributed by atoms with van der Waals surface area (Å²) in [5, 5.41) is 3.62. The minimum atomic E-state index is 0.596. The Morgan fingerprint density at radius 3 is 2.71 bits per heavy atom. The molecule has 0 fully saturated rings. The van der Waals surface area contributed by atoms with Crippen LogP contribution in [-0.2, 0) is 0 Å². The number of thioether (sulfide) groups is 1. The summed E-state index contributed by atoms with van der Waals surface area (Å²) in [7, 11) is 0. The molecule has 0 bridgehead atoms. The van der Waals surface area contributed by atoms with E-state index in [9.17, 15) is 0 Å². The molecule has 1 unspecified atom stereocenters. The van der Waals surface area contributed by atoms with Gasteiger partial charge in [0.05, 0.1) is 0 Å². The van der Waals surface area contributed by atoms with Crippen molar-refractivity contribution < 1.29 is 0 Å². The van der Waals surface area contributed by atoms with E-state index in [1.165, 1.54) is 11.3 Å². The van der Waals surface area contributed by atoms with E-state index in [2.05, 4.69) is 66.3 Å². The van der Waals surface area contributed by atoms with Crippen LogP contribution in [0.15, 0.2) is 33.6 Å². The highest BCUT2D eigenvalue weighted by molar-refractivity contribution is 9.10. The van der Waals surface area contributed by atoms with E-state index >= 15 is 0 Å². The zero-order valence-corrected chi connectivity index (χ0v) is 13.3. The van der Waals surface area contributed by atoms with Gasteiger partial charge in [-0.3, -0.25) is 0 Å². The van der Waals surface area contributed by atoms with Crippen molar-refractivity contribution in [2.75, 3.05) is 12.3 Å². The van der Waals surface area contributed by atoms with Gasteiger partial charge < -0.3 is 5.32 Å². The van der Waals surface area contributed by atoms with Crippen LogP contribution in [0.25, 0.3) is 0 Å². The standard InChI is InChI=1S/C14H22BrNS/c1-4-8-16-14(11(2)3)10-17-13-7-5-6-12(15)9-13/h5-7,9,11,14,16H,4,8,10H2,1-3H3. The van der Waals surface area contributed by atoms with E-state index in [1.807, 2.05) is 11.8 Å². The molecule has 0 aliphatic carbocycles. The van der Waals surface area contributed by atoms with Gasteiger partial charge in [0.15, 0.2) is 0 Å². The summed E-state index contributed by atoms with van der Waals surface area (Å²) in [5.41, 5.74) is 0. The van der Waals surface area contributed by atoms with E-state index in [1.54, 1.807) is 0 Å². The van der Waals surface area contributed by atoms with Gasteiger partial charge in [-0.25, -0.2) is 0 Å². The average Bonchev–Trinajstić information content (AvgIpc) is 2.28. The molecule has 0 saturated carbocycles. The van der Waals surface area contributed by atoms with Gasteiger partial charge in [-0.15, -0.1) is 11.8 Å². The fourth-order valence-corrected chi connectivity index (χ4v) is 3.37. The van der Waals surface area contributed by atoms with Crippen LogP contribution in [0.1, 0.15) is 27.2 Å². The van der Waals surface area contributed by atoms with E-state index < -0.39 is 0 Å². The maximum atomic E-state index is 3.62. The van der Waals surface area contributed by atoms with Crippen molar-refractivity contribution in [2.45, 2.75) is 38.1 Å². The minimum Gasteiger partial charge on any atom is -0.313 e. The third-order valence-corrected chi connectivity index (χ3v) is 4.29. The second-order valence-electron chi connectivity index (χ2n) is 4.57. The molecule has 1 N–H and O–H groups in total. The molecule has 1 atom stereocenters. The van der Waals surface area contributed by atoms with E-state index in [0.717, 1.165) is 16.8 Å². The van der Waals surface area contributed by atoms with Crippen molar-refractivity contribution in [3.8, 4) is 0 Å². The highest BCUT2D eigenvalue weighted by Crippen LogP contribution is 2.23. The number of hydrogen-bond donors (Lipinski definition) is 1. The summed E-state index contributed by atoms with van der Waals surface area (Å²) >= 11 is 5.44. The van der Waals surface area contributed by atoms with Crippen LogP contribution in [0.5, 0.6) is 0 Å². The second kappa shape index (κ2) is 8.17. The van der Waals surface area contributed by atoms with Crippen LogP contribution in [0.3, 0.4) is 0 Å². The highest BCUT2D eigenvalue weighted by atomic mass is 79.9. The lowest BCUT2D eigenvalue weighted by atomic mass is 10.1. The molecular weight excluding hydrogens is 294 g/mol. The molecule has 0 aliphatic rings. The molecule has 1 aromatic rings. The molecule has 0 aliphatic heterocycles. The topological polar surface area (TPSA) is 12.0 Å². The van der Waals surface area contributed by atoms with Crippen molar-refractivity contribution in [2.24, 2.45) is 5.92 Å². The molecule has 0 heterocycles. The quantitative estimate of drug-likeness (QED) is 0.740. The lowest BCUT2D eigenvalue weighted by molar-refractivity contribution is 0.434. The molecule has 1 nitrogen and oxygen atoms in total. The predicted molar refractivity (Wildman–Crippen MR) is 81.8 cm³/mol. The van der Waals surface area contributed by atoms with Crippen molar-refractivity contribution >= 4 is 27.7 Å². The molecular formula is C14H22BrNS. The Morgan fingerprint density at radius 1 is 1.35 bits per heavy atom. The van der Waals surface area contributed by atoms with Gasteiger partial charge in [0, 0.05) is 21.2 Å². The number of hydrogen-bond acceptors (Lipinski definition) is 2. The van der Waals surface area contributed by atoms with Crippen LogP contribution < -0.4 is 5.32 Å². The van der Waals surface area contributed by atoms with Gasteiger partial charge in [0.25, 0.3) is 0 Å². The van der Waals surface area contributed by atoms with Crippen LogP contribution >= 0.6 is 27.7 Å². The Hall–Kier alpha value is 0.01000. The molecule has 1 aromatic carbocycles. The van der Waals surface area contributed by atoms with Crippen LogP contribution in [0, 0.1) is 5.92 Å². The van der Waals surface area contributed by atoms with Gasteiger partial charge in [-0.2, -0.15) is 0 Å². The zero-order valence-electron chi connectivity index (χ0n) is 10.9. The lowest BCUT2D eigenvalue weighted by Crippen LogP contribution is -2.36. The average molecular weight is 316 g/mol. The Kier molecular flexibility index (Phi) is 7.24. The number of nitrogens with one attached hydrogen (secondary N) is 1. The van der Waals surface area contributed by atoms with Gasteiger partial charge in [-0.05, 0) is 37.1 Å². The first kappa shape index (κ1) is 15.1. The van der Waals surface area contributed by atoms with Gasteiger partial charge >= 0.3 is 0 Å². The zero-order chi connectivity index (χ0) is 12.7. The van der Waals surface area contributed by atoms with Gasteiger partial charge in [0.1, 0.15) is 0 Å². The lowest BCUT2D eigenvalue weighted by Gasteiger charge is -2.21. The summed E-state index contributed by atoms with van der Waals surface area (Å²) in [4.78, 5) is 1.34. The second-order valence-corrected chi connectivity index (χ2v) is 6.58. The third-order valence-electron chi connectivity index (χ3n) is 2.69. The van der Waals surface area contributed by atoms with E-state index in [4.69, 9.17) is 0 Å². The highest BCUT2D eigenvalue weighted by Gasteiger charge is 2.12. The Labute approximate surface area is 118 Å². The molecule has 3 heteroatoms. The summed E-state index contributed by atoms with van der Waals surface area (Å²) < 4.78 is 1.16. The molecule has 0 spiro atoms. The van der Waals surface area contributed by atoms with Gasteiger partial charge in [0.2, 0.25) is 0 Å². The van der Waals surface area contributed by atoms with Gasteiger partial charge in [-0.1, -0.05) is 42.8 Å². The van der Waals surface area contributed by atoms with Crippen LogP contribution in [-0.4, -0.2) is 18.3 Å². The maximum absolute atomic E-state index is 3.62. The first-order valence-electron chi connectivity index (χ1n) is 6.25. The predicted octanol–water partition coefficient (Wildman–Crippen LogP) is 4.57. The maximum Gasteiger partial charge on any atom is 0.0186 e. The molecule has 0 aromatic heterocycles.